The lowest BCUT2D eigenvalue weighted by molar-refractivity contribution is 0.0593. The highest BCUT2D eigenvalue weighted by atomic mass is 16.5. The van der Waals surface area contributed by atoms with E-state index in [-0.39, 0.29) is 0 Å². The molecule has 1 aliphatic rings. The molecule has 1 aromatic rings. The third-order valence-electron chi connectivity index (χ3n) is 2.76. The summed E-state index contributed by atoms with van der Waals surface area (Å²) in [5, 5.41) is 0. The Balaban J connectivity index is 1.94. The van der Waals surface area contributed by atoms with Crippen molar-refractivity contribution in [2.24, 2.45) is 5.92 Å². The zero-order valence-corrected chi connectivity index (χ0v) is 9.47. The SMILES string of the molecule is COC(=O)c1ccc(OC2CC(C)C2)cn1. The lowest BCUT2D eigenvalue weighted by Gasteiger charge is -2.32. The molecule has 0 radical (unpaired) electrons. The Hall–Kier alpha value is -1.58. The van der Waals surface area contributed by atoms with Crippen molar-refractivity contribution >= 4 is 5.97 Å². The number of rotatable bonds is 3. The lowest BCUT2D eigenvalue weighted by Crippen LogP contribution is -2.31. The van der Waals surface area contributed by atoms with Crippen molar-refractivity contribution in [3.05, 3.63) is 24.0 Å². The fourth-order valence-corrected chi connectivity index (χ4v) is 1.79. The monoisotopic (exact) mass is 221 g/mol. The summed E-state index contributed by atoms with van der Waals surface area (Å²) < 4.78 is 10.2. The van der Waals surface area contributed by atoms with Crippen molar-refractivity contribution in [1.82, 2.24) is 4.98 Å². The zero-order valence-electron chi connectivity index (χ0n) is 9.47. The molecule has 1 fully saturated rings. The van der Waals surface area contributed by atoms with Gasteiger partial charge in [0.1, 0.15) is 11.4 Å². The smallest absolute Gasteiger partial charge is 0.356 e. The van der Waals surface area contributed by atoms with Gasteiger partial charge in [0.05, 0.1) is 19.4 Å². The molecule has 0 bridgehead atoms. The molecule has 0 amide bonds. The Bertz CT molecular complexity index is 368. The molecule has 0 saturated heterocycles. The molecular weight excluding hydrogens is 206 g/mol. The minimum Gasteiger partial charge on any atom is -0.489 e. The first-order valence-corrected chi connectivity index (χ1v) is 5.40. The van der Waals surface area contributed by atoms with Crippen molar-refractivity contribution in [1.29, 1.82) is 0 Å². The summed E-state index contributed by atoms with van der Waals surface area (Å²) in [6, 6.07) is 3.37. The summed E-state index contributed by atoms with van der Waals surface area (Å²) >= 11 is 0. The first-order chi connectivity index (χ1) is 7.69. The minimum atomic E-state index is -0.427. The van der Waals surface area contributed by atoms with Crippen molar-refractivity contribution in [2.75, 3.05) is 7.11 Å². The summed E-state index contributed by atoms with van der Waals surface area (Å²) in [5.74, 6) is 1.04. The van der Waals surface area contributed by atoms with Gasteiger partial charge in [-0.15, -0.1) is 0 Å². The molecule has 0 atom stereocenters. The van der Waals surface area contributed by atoms with Crippen LogP contribution >= 0.6 is 0 Å². The molecule has 0 aromatic carbocycles. The Labute approximate surface area is 94.6 Å². The van der Waals surface area contributed by atoms with Crippen LogP contribution in [0.1, 0.15) is 30.3 Å². The quantitative estimate of drug-likeness (QED) is 0.733. The maximum atomic E-state index is 11.1. The average molecular weight is 221 g/mol. The van der Waals surface area contributed by atoms with Crippen molar-refractivity contribution in [3.63, 3.8) is 0 Å². The van der Waals surface area contributed by atoms with Gasteiger partial charge >= 0.3 is 5.97 Å². The van der Waals surface area contributed by atoms with Gasteiger partial charge in [-0.1, -0.05) is 6.92 Å². The molecule has 0 unspecified atom stereocenters. The fourth-order valence-electron chi connectivity index (χ4n) is 1.79. The van der Waals surface area contributed by atoms with Crippen molar-refractivity contribution < 1.29 is 14.3 Å². The van der Waals surface area contributed by atoms with E-state index in [2.05, 4.69) is 16.6 Å². The van der Waals surface area contributed by atoms with Gasteiger partial charge in [0.15, 0.2) is 0 Å². The summed E-state index contributed by atoms with van der Waals surface area (Å²) in [6.07, 6.45) is 4.06. The highest BCUT2D eigenvalue weighted by Gasteiger charge is 2.27. The molecule has 1 aromatic heterocycles. The topological polar surface area (TPSA) is 48.4 Å². The van der Waals surface area contributed by atoms with E-state index < -0.39 is 5.97 Å². The minimum absolute atomic E-state index is 0.303. The van der Waals surface area contributed by atoms with Crippen LogP contribution in [0, 0.1) is 5.92 Å². The first kappa shape index (κ1) is 10.9. The standard InChI is InChI=1S/C12H15NO3/c1-8-5-10(6-8)16-9-3-4-11(13-7-9)12(14)15-2/h3-4,7-8,10H,5-6H2,1-2H3. The first-order valence-electron chi connectivity index (χ1n) is 5.40. The third kappa shape index (κ3) is 2.32. The van der Waals surface area contributed by atoms with Gasteiger partial charge in [0.25, 0.3) is 0 Å². The number of carbonyl (C=O) groups is 1. The van der Waals surface area contributed by atoms with E-state index in [4.69, 9.17) is 4.74 Å². The van der Waals surface area contributed by atoms with Crippen LogP contribution in [0.2, 0.25) is 0 Å². The molecule has 0 N–H and O–H groups in total. The van der Waals surface area contributed by atoms with Gasteiger partial charge < -0.3 is 9.47 Å². The number of nitrogens with zero attached hydrogens (tertiary/aromatic N) is 1. The highest BCUT2D eigenvalue weighted by Crippen LogP contribution is 2.30. The molecule has 2 rings (SSSR count). The zero-order chi connectivity index (χ0) is 11.5. The summed E-state index contributed by atoms with van der Waals surface area (Å²) in [7, 11) is 1.34. The highest BCUT2D eigenvalue weighted by molar-refractivity contribution is 5.87. The maximum Gasteiger partial charge on any atom is 0.356 e. The van der Waals surface area contributed by atoms with Crippen LogP contribution in [-0.4, -0.2) is 24.2 Å². The normalized spacial score (nSPS) is 23.4. The van der Waals surface area contributed by atoms with Crippen LogP contribution in [0.15, 0.2) is 18.3 Å². The van der Waals surface area contributed by atoms with Crippen LogP contribution in [0.5, 0.6) is 5.75 Å². The second-order valence-electron chi connectivity index (χ2n) is 4.19. The molecule has 1 aliphatic carbocycles. The third-order valence-corrected chi connectivity index (χ3v) is 2.76. The fraction of sp³-hybridized carbons (Fsp3) is 0.500. The molecule has 4 heteroatoms. The van der Waals surface area contributed by atoms with Crippen molar-refractivity contribution in [3.8, 4) is 5.75 Å². The molecular formula is C12H15NO3. The number of ether oxygens (including phenoxy) is 2. The lowest BCUT2D eigenvalue weighted by atomic mass is 9.84. The Morgan fingerprint density at radius 3 is 2.69 bits per heavy atom. The van der Waals surface area contributed by atoms with E-state index in [1.165, 1.54) is 7.11 Å². The van der Waals surface area contributed by atoms with Crippen LogP contribution in [0.4, 0.5) is 0 Å². The van der Waals surface area contributed by atoms with E-state index in [9.17, 15) is 4.79 Å². The summed E-state index contributed by atoms with van der Waals surface area (Å²) in [5.41, 5.74) is 0.303. The molecule has 86 valence electrons. The van der Waals surface area contributed by atoms with E-state index in [0.717, 1.165) is 18.8 Å². The van der Waals surface area contributed by atoms with Gasteiger partial charge in [-0.05, 0) is 30.9 Å². The van der Waals surface area contributed by atoms with Crippen LogP contribution in [0.25, 0.3) is 0 Å². The molecule has 1 saturated carbocycles. The van der Waals surface area contributed by atoms with Gasteiger partial charge in [-0.3, -0.25) is 0 Å². The van der Waals surface area contributed by atoms with Crippen LogP contribution in [0.3, 0.4) is 0 Å². The van der Waals surface area contributed by atoms with Gasteiger partial charge in [0.2, 0.25) is 0 Å². The van der Waals surface area contributed by atoms with E-state index >= 15 is 0 Å². The number of pyridine rings is 1. The van der Waals surface area contributed by atoms with Gasteiger partial charge in [-0.2, -0.15) is 0 Å². The van der Waals surface area contributed by atoms with E-state index in [1.807, 2.05) is 0 Å². The van der Waals surface area contributed by atoms with E-state index in [1.54, 1.807) is 18.3 Å². The predicted molar refractivity (Wildman–Crippen MR) is 58.4 cm³/mol. The second-order valence-corrected chi connectivity index (χ2v) is 4.19. The molecule has 1 heterocycles. The van der Waals surface area contributed by atoms with Crippen LogP contribution < -0.4 is 4.74 Å². The number of esters is 1. The largest absolute Gasteiger partial charge is 0.489 e. The molecule has 0 spiro atoms. The number of methoxy groups -OCH3 is 1. The summed E-state index contributed by atoms with van der Waals surface area (Å²) in [4.78, 5) is 15.1. The van der Waals surface area contributed by atoms with E-state index in [0.29, 0.717) is 17.5 Å². The molecule has 4 nitrogen and oxygen atoms in total. The van der Waals surface area contributed by atoms with Crippen LogP contribution in [-0.2, 0) is 4.74 Å². The van der Waals surface area contributed by atoms with Gasteiger partial charge in [0, 0.05) is 0 Å². The summed E-state index contributed by atoms with van der Waals surface area (Å²) in [6.45, 7) is 2.21. The Morgan fingerprint density at radius 1 is 1.44 bits per heavy atom. The number of aromatic nitrogens is 1. The number of hydrogen-bond acceptors (Lipinski definition) is 4. The average Bonchev–Trinajstić information content (AvgIpc) is 2.27. The van der Waals surface area contributed by atoms with Gasteiger partial charge in [-0.25, -0.2) is 9.78 Å². The Kier molecular flexibility index (Phi) is 3.08. The molecule has 16 heavy (non-hydrogen) atoms. The predicted octanol–water partition coefficient (Wildman–Crippen LogP) is 2.05. The Morgan fingerprint density at radius 2 is 2.19 bits per heavy atom. The second kappa shape index (κ2) is 4.51. The van der Waals surface area contributed by atoms with Crippen molar-refractivity contribution in [2.45, 2.75) is 25.9 Å². The molecule has 0 aliphatic heterocycles. The number of hydrogen-bond donors (Lipinski definition) is 0. The maximum absolute atomic E-state index is 11.1. The number of carbonyl (C=O) groups excluding carboxylic acids is 1.